The number of hydrogen-bond donors (Lipinski definition) is 1. The number of anilines is 1. The number of aromatic nitrogens is 3. The molecule has 0 aliphatic heterocycles. The quantitative estimate of drug-likeness (QED) is 0.946. The van der Waals surface area contributed by atoms with Crippen molar-refractivity contribution in [3.05, 3.63) is 29.4 Å². The van der Waals surface area contributed by atoms with Crippen molar-refractivity contribution >= 4 is 11.6 Å². The van der Waals surface area contributed by atoms with Gasteiger partial charge in [0.1, 0.15) is 11.5 Å². The zero-order chi connectivity index (χ0) is 15.7. The van der Waals surface area contributed by atoms with Crippen molar-refractivity contribution < 1.29 is 9.32 Å². The highest BCUT2D eigenvalue weighted by Gasteiger charge is 2.22. The minimum Gasteiger partial charge on any atom is -0.361 e. The molecule has 1 N–H and O–H groups in total. The molecule has 3 rings (SSSR count). The molecule has 2 aromatic heterocycles. The number of carbonyl (C=O) groups is 1. The van der Waals surface area contributed by atoms with Crippen molar-refractivity contribution in [1.29, 1.82) is 0 Å². The van der Waals surface area contributed by atoms with Crippen LogP contribution in [0.3, 0.4) is 0 Å². The summed E-state index contributed by atoms with van der Waals surface area (Å²) in [5.41, 5.74) is 2.47. The van der Waals surface area contributed by atoms with Gasteiger partial charge in [0.05, 0.1) is 18.4 Å². The monoisotopic (exact) mass is 302 g/mol. The first-order valence-electron chi connectivity index (χ1n) is 7.74. The number of rotatable bonds is 3. The largest absolute Gasteiger partial charge is 0.361 e. The predicted molar refractivity (Wildman–Crippen MR) is 82.6 cm³/mol. The van der Waals surface area contributed by atoms with Crippen LogP contribution < -0.4 is 5.32 Å². The normalized spacial score (nSPS) is 14.7. The summed E-state index contributed by atoms with van der Waals surface area (Å²) in [4.78, 5) is 12.0. The molecule has 0 unspecified atom stereocenters. The highest BCUT2D eigenvalue weighted by molar-refractivity contribution is 5.94. The van der Waals surface area contributed by atoms with E-state index in [1.165, 1.54) is 18.4 Å². The van der Waals surface area contributed by atoms with Crippen LogP contribution in [0.5, 0.6) is 0 Å². The molecule has 22 heavy (non-hydrogen) atoms. The third-order valence-electron chi connectivity index (χ3n) is 3.92. The zero-order valence-electron chi connectivity index (χ0n) is 13.3. The number of nitrogens with zero attached hydrogens (tertiary/aromatic N) is 3. The summed E-state index contributed by atoms with van der Waals surface area (Å²) < 4.78 is 7.20. The molecule has 0 aromatic carbocycles. The molecule has 0 bridgehead atoms. The number of hydrogen-bond acceptors (Lipinski definition) is 4. The predicted octanol–water partition coefficient (Wildman–Crippen LogP) is 2.78. The Morgan fingerprint density at radius 1 is 1.36 bits per heavy atom. The fourth-order valence-electron chi connectivity index (χ4n) is 2.56. The van der Waals surface area contributed by atoms with E-state index in [0.29, 0.717) is 12.2 Å². The molecular weight excluding hydrogens is 280 g/mol. The second-order valence-electron chi connectivity index (χ2n) is 6.87. The van der Waals surface area contributed by atoms with E-state index in [4.69, 9.17) is 4.52 Å². The number of fused-ring (bicyclic) bond motifs is 1. The summed E-state index contributed by atoms with van der Waals surface area (Å²) in [5.74, 6) is 1.00. The highest BCUT2D eigenvalue weighted by atomic mass is 16.5. The number of amides is 1. The molecule has 118 valence electrons. The fourth-order valence-corrected chi connectivity index (χ4v) is 2.56. The smallest absolute Gasteiger partial charge is 0.229 e. The first-order valence-corrected chi connectivity index (χ1v) is 7.74. The molecule has 0 saturated carbocycles. The van der Waals surface area contributed by atoms with E-state index in [0.717, 1.165) is 24.3 Å². The Balaban J connectivity index is 1.70. The Morgan fingerprint density at radius 2 is 2.14 bits per heavy atom. The van der Waals surface area contributed by atoms with E-state index in [9.17, 15) is 4.79 Å². The lowest BCUT2D eigenvalue weighted by atomic mass is 9.96. The van der Waals surface area contributed by atoms with Gasteiger partial charge in [-0.15, -0.1) is 0 Å². The molecule has 2 aromatic rings. The van der Waals surface area contributed by atoms with Crippen LogP contribution in [0.15, 0.2) is 16.9 Å². The average molecular weight is 302 g/mol. The van der Waals surface area contributed by atoms with Crippen LogP contribution >= 0.6 is 0 Å². The van der Waals surface area contributed by atoms with Gasteiger partial charge in [0.25, 0.3) is 0 Å². The Labute approximate surface area is 129 Å². The van der Waals surface area contributed by atoms with Crippen molar-refractivity contribution in [1.82, 2.24) is 14.9 Å². The van der Waals surface area contributed by atoms with Gasteiger partial charge >= 0.3 is 0 Å². The van der Waals surface area contributed by atoms with Crippen LogP contribution in [0.1, 0.15) is 50.6 Å². The Kier molecular flexibility index (Phi) is 3.76. The summed E-state index contributed by atoms with van der Waals surface area (Å²) in [7, 11) is 0. The third-order valence-corrected chi connectivity index (χ3v) is 3.92. The SMILES string of the molecule is CC(C)(C)C(=O)Nc1cnn(Cc2noc3c2CCCC3)c1. The number of nitrogens with one attached hydrogen (secondary N) is 1. The van der Waals surface area contributed by atoms with Gasteiger partial charge in [0.15, 0.2) is 0 Å². The van der Waals surface area contributed by atoms with Gasteiger partial charge in [-0.3, -0.25) is 9.48 Å². The Hall–Kier alpha value is -2.11. The molecule has 2 heterocycles. The average Bonchev–Trinajstić information content (AvgIpc) is 3.06. The van der Waals surface area contributed by atoms with Crippen LogP contribution in [0, 0.1) is 5.41 Å². The molecule has 6 nitrogen and oxygen atoms in total. The van der Waals surface area contributed by atoms with Crippen molar-refractivity contribution in [2.45, 2.75) is 53.0 Å². The molecule has 0 saturated heterocycles. The van der Waals surface area contributed by atoms with Crippen molar-refractivity contribution in [2.75, 3.05) is 5.32 Å². The summed E-state index contributed by atoms with van der Waals surface area (Å²) >= 11 is 0. The highest BCUT2D eigenvalue weighted by Crippen LogP contribution is 2.25. The zero-order valence-corrected chi connectivity index (χ0v) is 13.3. The first-order chi connectivity index (χ1) is 10.4. The maximum Gasteiger partial charge on any atom is 0.229 e. The maximum absolute atomic E-state index is 12.0. The minimum atomic E-state index is -0.423. The van der Waals surface area contributed by atoms with Crippen molar-refractivity contribution in [3.8, 4) is 0 Å². The molecule has 0 fully saturated rings. The van der Waals surface area contributed by atoms with E-state index < -0.39 is 5.41 Å². The third kappa shape index (κ3) is 3.05. The summed E-state index contributed by atoms with van der Waals surface area (Å²) in [6, 6.07) is 0. The van der Waals surface area contributed by atoms with Crippen molar-refractivity contribution in [3.63, 3.8) is 0 Å². The topological polar surface area (TPSA) is 73.0 Å². The molecule has 0 radical (unpaired) electrons. The fraction of sp³-hybridized carbons (Fsp3) is 0.562. The number of aryl methyl sites for hydroxylation is 1. The van der Waals surface area contributed by atoms with E-state index in [-0.39, 0.29) is 5.91 Å². The van der Waals surface area contributed by atoms with E-state index in [1.54, 1.807) is 10.9 Å². The molecule has 1 aliphatic carbocycles. The van der Waals surface area contributed by atoms with Gasteiger partial charge in [0.2, 0.25) is 5.91 Å². The van der Waals surface area contributed by atoms with Crippen LogP contribution in [-0.4, -0.2) is 20.8 Å². The van der Waals surface area contributed by atoms with Gasteiger partial charge in [0, 0.05) is 23.6 Å². The summed E-state index contributed by atoms with van der Waals surface area (Å²) in [6.07, 6.45) is 7.86. The molecule has 1 aliphatic rings. The lowest BCUT2D eigenvalue weighted by Crippen LogP contribution is -2.27. The van der Waals surface area contributed by atoms with E-state index in [2.05, 4.69) is 15.6 Å². The van der Waals surface area contributed by atoms with Crippen LogP contribution in [0.4, 0.5) is 5.69 Å². The Morgan fingerprint density at radius 3 is 2.91 bits per heavy atom. The van der Waals surface area contributed by atoms with Crippen LogP contribution in [0.25, 0.3) is 0 Å². The van der Waals surface area contributed by atoms with Crippen LogP contribution in [-0.2, 0) is 24.2 Å². The molecule has 6 heteroatoms. The maximum atomic E-state index is 12.0. The minimum absolute atomic E-state index is 0.0223. The second-order valence-corrected chi connectivity index (χ2v) is 6.87. The Bertz CT molecular complexity index is 679. The first kappa shape index (κ1) is 14.8. The molecular formula is C16H22N4O2. The van der Waals surface area contributed by atoms with Gasteiger partial charge in [-0.05, 0) is 19.3 Å². The van der Waals surface area contributed by atoms with Crippen LogP contribution in [0.2, 0.25) is 0 Å². The lowest BCUT2D eigenvalue weighted by Gasteiger charge is -2.16. The standard InChI is InChI=1S/C16H22N4O2/c1-16(2,3)15(21)18-11-8-17-20(9-11)10-13-12-6-4-5-7-14(12)22-19-13/h8-9H,4-7,10H2,1-3H3,(H,18,21). The molecule has 1 amide bonds. The van der Waals surface area contributed by atoms with E-state index >= 15 is 0 Å². The summed E-state index contributed by atoms with van der Waals surface area (Å²) in [5, 5.41) is 11.4. The van der Waals surface area contributed by atoms with Gasteiger partial charge < -0.3 is 9.84 Å². The lowest BCUT2D eigenvalue weighted by molar-refractivity contribution is -0.123. The molecule has 0 atom stereocenters. The van der Waals surface area contributed by atoms with Gasteiger partial charge in [-0.1, -0.05) is 25.9 Å². The molecule has 0 spiro atoms. The summed E-state index contributed by atoms with van der Waals surface area (Å²) in [6.45, 7) is 6.22. The van der Waals surface area contributed by atoms with Gasteiger partial charge in [-0.25, -0.2) is 0 Å². The van der Waals surface area contributed by atoms with Crippen molar-refractivity contribution in [2.24, 2.45) is 5.41 Å². The number of carbonyl (C=O) groups excluding carboxylic acids is 1. The van der Waals surface area contributed by atoms with E-state index in [1.807, 2.05) is 27.0 Å². The second kappa shape index (κ2) is 5.59. The van der Waals surface area contributed by atoms with Gasteiger partial charge in [-0.2, -0.15) is 5.10 Å².